The van der Waals surface area contributed by atoms with E-state index in [-0.39, 0.29) is 5.69 Å². The molecule has 3 N–H and O–H groups in total. The van der Waals surface area contributed by atoms with Gasteiger partial charge in [-0.3, -0.25) is 4.79 Å². The second-order valence-electron chi connectivity index (χ2n) is 4.18. The van der Waals surface area contributed by atoms with Gasteiger partial charge < -0.3 is 11.1 Å². The van der Waals surface area contributed by atoms with Crippen molar-refractivity contribution in [1.82, 2.24) is 10.2 Å². The molecular formula is C11H16N4O. The fraction of sp³-hybridized carbons (Fsp3) is 0.545. The summed E-state index contributed by atoms with van der Waals surface area (Å²) < 4.78 is 0. The van der Waals surface area contributed by atoms with Crippen LogP contribution >= 0.6 is 0 Å². The summed E-state index contributed by atoms with van der Waals surface area (Å²) in [7, 11) is 0. The SMILES string of the molecule is NC(=O)c1ccc(NCCC2CCC2)nn1. The number of carbonyl (C=O) groups excluding carboxylic acids is 1. The van der Waals surface area contributed by atoms with Crippen molar-refractivity contribution >= 4 is 11.7 Å². The molecule has 0 bridgehead atoms. The number of hydrogen-bond donors (Lipinski definition) is 2. The molecule has 1 heterocycles. The average Bonchev–Trinajstić information content (AvgIpc) is 2.22. The summed E-state index contributed by atoms with van der Waals surface area (Å²) in [6.45, 7) is 0.912. The minimum Gasteiger partial charge on any atom is -0.369 e. The predicted octanol–water partition coefficient (Wildman–Crippen LogP) is 1.18. The van der Waals surface area contributed by atoms with E-state index in [9.17, 15) is 4.79 Å². The zero-order valence-electron chi connectivity index (χ0n) is 9.15. The van der Waals surface area contributed by atoms with Crippen LogP contribution in [-0.4, -0.2) is 22.6 Å². The van der Waals surface area contributed by atoms with Gasteiger partial charge >= 0.3 is 0 Å². The van der Waals surface area contributed by atoms with E-state index in [1.54, 1.807) is 12.1 Å². The minimum absolute atomic E-state index is 0.199. The standard InChI is InChI=1S/C11H16N4O/c12-11(16)9-4-5-10(15-14-9)13-7-6-8-2-1-3-8/h4-5,8H,1-3,6-7H2,(H2,12,16)(H,13,15). The molecule has 0 spiro atoms. The number of nitrogens with zero attached hydrogens (tertiary/aromatic N) is 2. The molecule has 5 heteroatoms. The lowest BCUT2D eigenvalue weighted by molar-refractivity contribution is 0.0994. The molecule has 1 amide bonds. The average molecular weight is 220 g/mol. The summed E-state index contributed by atoms with van der Waals surface area (Å²) in [5, 5.41) is 10.8. The van der Waals surface area contributed by atoms with Crippen LogP contribution in [0.1, 0.15) is 36.2 Å². The molecule has 0 atom stereocenters. The van der Waals surface area contributed by atoms with E-state index in [2.05, 4.69) is 15.5 Å². The second-order valence-corrected chi connectivity index (χ2v) is 4.18. The quantitative estimate of drug-likeness (QED) is 0.780. The number of amides is 1. The first-order valence-electron chi connectivity index (χ1n) is 5.63. The fourth-order valence-corrected chi connectivity index (χ4v) is 1.74. The van der Waals surface area contributed by atoms with Crippen molar-refractivity contribution in [3.63, 3.8) is 0 Å². The summed E-state index contributed by atoms with van der Waals surface area (Å²) in [5.74, 6) is 1.03. The first-order valence-corrected chi connectivity index (χ1v) is 5.63. The largest absolute Gasteiger partial charge is 0.369 e. The highest BCUT2D eigenvalue weighted by Crippen LogP contribution is 2.28. The van der Waals surface area contributed by atoms with Crippen molar-refractivity contribution in [2.24, 2.45) is 11.7 Å². The maximum absolute atomic E-state index is 10.8. The normalized spacial score (nSPS) is 15.5. The minimum atomic E-state index is -0.548. The summed E-state index contributed by atoms with van der Waals surface area (Å²) in [5.41, 5.74) is 5.27. The summed E-state index contributed by atoms with van der Waals surface area (Å²) >= 11 is 0. The molecule has 1 fully saturated rings. The van der Waals surface area contributed by atoms with E-state index in [1.165, 1.54) is 25.7 Å². The van der Waals surface area contributed by atoms with Gasteiger partial charge in [-0.05, 0) is 24.5 Å². The smallest absolute Gasteiger partial charge is 0.269 e. The number of aromatic nitrogens is 2. The highest BCUT2D eigenvalue weighted by atomic mass is 16.1. The topological polar surface area (TPSA) is 80.9 Å². The van der Waals surface area contributed by atoms with Crippen LogP contribution in [0.2, 0.25) is 0 Å². The number of rotatable bonds is 5. The van der Waals surface area contributed by atoms with E-state index in [0.717, 1.165) is 12.5 Å². The Morgan fingerprint density at radius 3 is 2.75 bits per heavy atom. The Hall–Kier alpha value is -1.65. The van der Waals surface area contributed by atoms with E-state index in [1.807, 2.05) is 0 Å². The lowest BCUT2D eigenvalue weighted by atomic mass is 9.83. The Morgan fingerprint density at radius 1 is 1.44 bits per heavy atom. The Bertz CT molecular complexity index is 359. The lowest BCUT2D eigenvalue weighted by Crippen LogP contribution is -2.17. The van der Waals surface area contributed by atoms with Crippen molar-refractivity contribution in [2.45, 2.75) is 25.7 Å². The molecule has 16 heavy (non-hydrogen) atoms. The second kappa shape index (κ2) is 4.92. The van der Waals surface area contributed by atoms with Crippen LogP contribution in [0.25, 0.3) is 0 Å². The molecule has 0 unspecified atom stereocenters. The molecule has 1 aliphatic carbocycles. The van der Waals surface area contributed by atoms with Gasteiger partial charge in [-0.25, -0.2) is 0 Å². The Morgan fingerprint density at radius 2 is 2.25 bits per heavy atom. The van der Waals surface area contributed by atoms with Crippen molar-refractivity contribution in [3.8, 4) is 0 Å². The monoisotopic (exact) mass is 220 g/mol. The Balaban J connectivity index is 1.78. The molecule has 5 nitrogen and oxygen atoms in total. The maximum atomic E-state index is 10.8. The maximum Gasteiger partial charge on any atom is 0.269 e. The van der Waals surface area contributed by atoms with Crippen molar-refractivity contribution in [3.05, 3.63) is 17.8 Å². The molecule has 1 aromatic heterocycles. The van der Waals surface area contributed by atoms with Gasteiger partial charge in [0.2, 0.25) is 0 Å². The zero-order chi connectivity index (χ0) is 11.4. The van der Waals surface area contributed by atoms with Crippen molar-refractivity contribution in [2.75, 3.05) is 11.9 Å². The number of hydrogen-bond acceptors (Lipinski definition) is 4. The van der Waals surface area contributed by atoms with Crippen LogP contribution in [-0.2, 0) is 0 Å². The number of carbonyl (C=O) groups is 1. The van der Waals surface area contributed by atoms with Gasteiger partial charge in [0.05, 0.1) is 0 Å². The van der Waals surface area contributed by atoms with Gasteiger partial charge in [-0.2, -0.15) is 0 Å². The van der Waals surface area contributed by atoms with Crippen LogP contribution in [0.3, 0.4) is 0 Å². The van der Waals surface area contributed by atoms with Crippen LogP contribution in [0.4, 0.5) is 5.82 Å². The third-order valence-electron chi connectivity index (χ3n) is 3.00. The van der Waals surface area contributed by atoms with Gasteiger partial charge in [-0.1, -0.05) is 19.3 Å². The van der Waals surface area contributed by atoms with Crippen molar-refractivity contribution < 1.29 is 4.79 Å². The Kier molecular flexibility index (Phi) is 3.34. The summed E-state index contributed by atoms with van der Waals surface area (Å²) in [4.78, 5) is 10.8. The summed E-state index contributed by atoms with van der Waals surface area (Å²) in [6, 6.07) is 3.31. The third kappa shape index (κ3) is 2.68. The first-order chi connectivity index (χ1) is 7.75. The zero-order valence-corrected chi connectivity index (χ0v) is 9.15. The van der Waals surface area contributed by atoms with Gasteiger partial charge in [-0.15, -0.1) is 10.2 Å². The Labute approximate surface area is 94.4 Å². The number of primary amides is 1. The van der Waals surface area contributed by atoms with Gasteiger partial charge in [0.25, 0.3) is 5.91 Å². The van der Waals surface area contributed by atoms with Crippen molar-refractivity contribution in [1.29, 1.82) is 0 Å². The van der Waals surface area contributed by atoms with Crippen LogP contribution < -0.4 is 11.1 Å². The highest BCUT2D eigenvalue weighted by molar-refractivity contribution is 5.90. The molecule has 0 radical (unpaired) electrons. The molecule has 0 aromatic carbocycles. The van der Waals surface area contributed by atoms with Crippen LogP contribution in [0.5, 0.6) is 0 Å². The number of nitrogens with one attached hydrogen (secondary N) is 1. The van der Waals surface area contributed by atoms with Gasteiger partial charge in [0.1, 0.15) is 5.82 Å². The molecule has 1 aliphatic rings. The predicted molar refractivity (Wildman–Crippen MR) is 61.0 cm³/mol. The molecule has 2 rings (SSSR count). The third-order valence-corrected chi connectivity index (χ3v) is 3.00. The first kappa shape index (κ1) is 10.9. The van der Waals surface area contributed by atoms with E-state index in [0.29, 0.717) is 5.82 Å². The molecule has 86 valence electrons. The molecule has 0 saturated heterocycles. The molecular weight excluding hydrogens is 204 g/mol. The lowest BCUT2D eigenvalue weighted by Gasteiger charge is -2.25. The molecule has 0 aliphatic heterocycles. The van der Waals surface area contributed by atoms with E-state index >= 15 is 0 Å². The van der Waals surface area contributed by atoms with E-state index in [4.69, 9.17) is 5.73 Å². The van der Waals surface area contributed by atoms with Crippen LogP contribution in [0, 0.1) is 5.92 Å². The number of nitrogens with two attached hydrogens (primary N) is 1. The molecule has 1 aromatic rings. The summed E-state index contributed by atoms with van der Waals surface area (Å²) in [6.07, 6.45) is 5.26. The van der Waals surface area contributed by atoms with Gasteiger partial charge in [0, 0.05) is 6.54 Å². The van der Waals surface area contributed by atoms with E-state index < -0.39 is 5.91 Å². The van der Waals surface area contributed by atoms with Crippen LogP contribution in [0.15, 0.2) is 12.1 Å². The van der Waals surface area contributed by atoms with Gasteiger partial charge in [0.15, 0.2) is 5.69 Å². The fourth-order valence-electron chi connectivity index (χ4n) is 1.74. The highest BCUT2D eigenvalue weighted by Gasteiger charge is 2.16. The number of anilines is 1. The molecule has 1 saturated carbocycles.